The summed E-state index contributed by atoms with van der Waals surface area (Å²) in [6.45, 7) is 3.11. The second-order valence-electron chi connectivity index (χ2n) is 5.01. The molecule has 1 atom stereocenters. The summed E-state index contributed by atoms with van der Waals surface area (Å²) in [7, 11) is 0. The van der Waals surface area contributed by atoms with Crippen LogP contribution in [0.15, 0.2) is 27.1 Å². The zero-order valence-corrected chi connectivity index (χ0v) is 14.7. The topological polar surface area (TPSA) is 29.5 Å². The quantitative estimate of drug-likeness (QED) is 0.745. The van der Waals surface area contributed by atoms with E-state index in [4.69, 9.17) is 4.74 Å². The standard InChI is InChI=1S/C15H19Br2NO2/c1-2-12-5-3-4-8-18(12)15(19)10-20-14-7-6-11(16)9-13(14)17/h6-7,9,12H,2-5,8,10H2,1H3/t12-/m1/s1. The molecule has 0 unspecified atom stereocenters. The van der Waals surface area contributed by atoms with Gasteiger partial charge in [0.15, 0.2) is 6.61 Å². The Bertz CT molecular complexity index is 479. The number of benzene rings is 1. The second-order valence-corrected chi connectivity index (χ2v) is 6.78. The van der Waals surface area contributed by atoms with Crippen molar-refractivity contribution < 1.29 is 9.53 Å². The van der Waals surface area contributed by atoms with Gasteiger partial charge in [-0.3, -0.25) is 4.79 Å². The molecule has 0 aromatic heterocycles. The van der Waals surface area contributed by atoms with Crippen LogP contribution in [0, 0.1) is 0 Å². The Morgan fingerprint density at radius 2 is 2.20 bits per heavy atom. The highest BCUT2D eigenvalue weighted by molar-refractivity contribution is 9.11. The maximum absolute atomic E-state index is 12.3. The number of nitrogens with zero attached hydrogens (tertiary/aromatic N) is 1. The molecule has 0 bridgehead atoms. The van der Waals surface area contributed by atoms with Gasteiger partial charge < -0.3 is 9.64 Å². The molecule has 1 aliphatic rings. The van der Waals surface area contributed by atoms with Crippen molar-refractivity contribution in [3.63, 3.8) is 0 Å². The fourth-order valence-electron chi connectivity index (χ4n) is 2.57. The number of likely N-dealkylation sites (tertiary alicyclic amines) is 1. The molecule has 0 N–H and O–H groups in total. The first-order valence-corrected chi connectivity index (χ1v) is 8.57. The van der Waals surface area contributed by atoms with Gasteiger partial charge in [-0.2, -0.15) is 0 Å². The number of hydrogen-bond acceptors (Lipinski definition) is 2. The normalized spacial score (nSPS) is 18.9. The number of carbonyl (C=O) groups is 1. The molecule has 0 spiro atoms. The minimum atomic E-state index is 0.0892. The van der Waals surface area contributed by atoms with E-state index in [2.05, 4.69) is 38.8 Å². The second kappa shape index (κ2) is 7.46. The molecule has 1 heterocycles. The largest absolute Gasteiger partial charge is 0.483 e. The van der Waals surface area contributed by atoms with Crippen LogP contribution in [0.4, 0.5) is 0 Å². The number of ether oxygens (including phenoxy) is 1. The van der Waals surface area contributed by atoms with Crippen LogP contribution < -0.4 is 4.74 Å². The Morgan fingerprint density at radius 3 is 2.90 bits per heavy atom. The summed E-state index contributed by atoms with van der Waals surface area (Å²) in [5.74, 6) is 0.790. The molecule has 3 nitrogen and oxygen atoms in total. The van der Waals surface area contributed by atoms with Gasteiger partial charge >= 0.3 is 0 Å². The molecule has 110 valence electrons. The van der Waals surface area contributed by atoms with E-state index in [1.165, 1.54) is 6.42 Å². The third kappa shape index (κ3) is 3.98. The first-order valence-electron chi connectivity index (χ1n) is 6.99. The van der Waals surface area contributed by atoms with E-state index in [1.54, 1.807) is 0 Å². The first kappa shape index (κ1) is 15.8. The number of amides is 1. The zero-order valence-electron chi connectivity index (χ0n) is 11.6. The van der Waals surface area contributed by atoms with E-state index >= 15 is 0 Å². The lowest BCUT2D eigenvalue weighted by Crippen LogP contribution is -2.45. The Hall–Kier alpha value is -0.550. The highest BCUT2D eigenvalue weighted by Crippen LogP contribution is 2.28. The summed E-state index contributed by atoms with van der Waals surface area (Å²) in [5.41, 5.74) is 0. The smallest absolute Gasteiger partial charge is 0.260 e. The number of carbonyl (C=O) groups excluding carboxylic acids is 1. The Kier molecular flexibility index (Phi) is 5.90. The van der Waals surface area contributed by atoms with Crippen molar-refractivity contribution in [1.82, 2.24) is 4.90 Å². The highest BCUT2D eigenvalue weighted by atomic mass is 79.9. The number of rotatable bonds is 4. The van der Waals surface area contributed by atoms with Crippen LogP contribution in [-0.2, 0) is 4.79 Å². The molecule has 1 fully saturated rings. The summed E-state index contributed by atoms with van der Waals surface area (Å²) in [6.07, 6.45) is 4.46. The lowest BCUT2D eigenvalue weighted by atomic mass is 10.00. The van der Waals surface area contributed by atoms with Crippen LogP contribution in [0.5, 0.6) is 5.75 Å². The summed E-state index contributed by atoms with van der Waals surface area (Å²) in [6, 6.07) is 6.05. The van der Waals surface area contributed by atoms with E-state index < -0.39 is 0 Å². The van der Waals surface area contributed by atoms with E-state index in [9.17, 15) is 4.79 Å². The van der Waals surface area contributed by atoms with Crippen LogP contribution in [0.2, 0.25) is 0 Å². The molecular weight excluding hydrogens is 386 g/mol. The fraction of sp³-hybridized carbons (Fsp3) is 0.533. The van der Waals surface area contributed by atoms with Crippen LogP contribution in [0.25, 0.3) is 0 Å². The van der Waals surface area contributed by atoms with Gasteiger partial charge in [0.1, 0.15) is 5.75 Å². The van der Waals surface area contributed by atoms with Crippen LogP contribution in [-0.4, -0.2) is 30.0 Å². The third-order valence-electron chi connectivity index (χ3n) is 3.66. The van der Waals surface area contributed by atoms with E-state index in [0.717, 1.165) is 34.8 Å². The molecule has 1 aromatic carbocycles. The van der Waals surface area contributed by atoms with E-state index in [1.807, 2.05) is 23.1 Å². The molecule has 1 aliphatic heterocycles. The molecule has 0 aliphatic carbocycles. The van der Waals surface area contributed by atoms with Crippen molar-refractivity contribution in [2.75, 3.05) is 13.2 Å². The van der Waals surface area contributed by atoms with Crippen LogP contribution in [0.1, 0.15) is 32.6 Å². The van der Waals surface area contributed by atoms with Crippen LogP contribution in [0.3, 0.4) is 0 Å². The lowest BCUT2D eigenvalue weighted by Gasteiger charge is -2.35. The van der Waals surface area contributed by atoms with Gasteiger partial charge in [0.05, 0.1) is 4.47 Å². The lowest BCUT2D eigenvalue weighted by molar-refractivity contribution is -0.137. The summed E-state index contributed by atoms with van der Waals surface area (Å²) in [5, 5.41) is 0. The number of halogens is 2. The highest BCUT2D eigenvalue weighted by Gasteiger charge is 2.25. The SMILES string of the molecule is CC[C@@H]1CCCCN1C(=O)COc1ccc(Br)cc1Br. The van der Waals surface area contributed by atoms with Crippen molar-refractivity contribution in [2.45, 2.75) is 38.6 Å². The van der Waals surface area contributed by atoms with Gasteiger partial charge in [-0.15, -0.1) is 0 Å². The van der Waals surface area contributed by atoms with Crippen molar-refractivity contribution in [2.24, 2.45) is 0 Å². The summed E-state index contributed by atoms with van der Waals surface area (Å²) < 4.78 is 7.47. The maximum Gasteiger partial charge on any atom is 0.260 e. The fourth-order valence-corrected chi connectivity index (χ4v) is 3.73. The minimum Gasteiger partial charge on any atom is -0.483 e. The van der Waals surface area contributed by atoms with Crippen molar-refractivity contribution >= 4 is 37.8 Å². The molecular formula is C15H19Br2NO2. The zero-order chi connectivity index (χ0) is 14.5. The van der Waals surface area contributed by atoms with Gasteiger partial charge in [0.25, 0.3) is 5.91 Å². The van der Waals surface area contributed by atoms with Crippen molar-refractivity contribution in [1.29, 1.82) is 0 Å². The summed E-state index contributed by atoms with van der Waals surface area (Å²) >= 11 is 6.83. The predicted octanol–water partition coefficient (Wildman–Crippen LogP) is 4.38. The molecule has 2 rings (SSSR count). The van der Waals surface area contributed by atoms with Gasteiger partial charge in [-0.1, -0.05) is 22.9 Å². The van der Waals surface area contributed by atoms with Crippen molar-refractivity contribution in [3.8, 4) is 5.75 Å². The molecule has 0 radical (unpaired) electrons. The average Bonchev–Trinajstić information content (AvgIpc) is 2.46. The summed E-state index contributed by atoms with van der Waals surface area (Å²) in [4.78, 5) is 14.3. The van der Waals surface area contributed by atoms with Gasteiger partial charge in [0.2, 0.25) is 0 Å². The van der Waals surface area contributed by atoms with Crippen molar-refractivity contribution in [3.05, 3.63) is 27.1 Å². The van der Waals surface area contributed by atoms with Gasteiger partial charge in [-0.05, 0) is 59.8 Å². The van der Waals surface area contributed by atoms with Gasteiger partial charge in [-0.25, -0.2) is 0 Å². The van der Waals surface area contributed by atoms with E-state index in [-0.39, 0.29) is 12.5 Å². The van der Waals surface area contributed by atoms with Gasteiger partial charge in [0, 0.05) is 17.1 Å². The predicted molar refractivity (Wildman–Crippen MR) is 87.0 cm³/mol. The molecule has 1 saturated heterocycles. The minimum absolute atomic E-state index is 0.0892. The molecule has 1 amide bonds. The monoisotopic (exact) mass is 403 g/mol. The Balaban J connectivity index is 1.94. The first-order chi connectivity index (χ1) is 9.61. The number of hydrogen-bond donors (Lipinski definition) is 0. The average molecular weight is 405 g/mol. The molecule has 20 heavy (non-hydrogen) atoms. The van der Waals surface area contributed by atoms with Crippen LogP contribution >= 0.6 is 31.9 Å². The maximum atomic E-state index is 12.3. The van der Waals surface area contributed by atoms with E-state index in [0.29, 0.717) is 11.8 Å². The molecule has 1 aromatic rings. The molecule has 5 heteroatoms. The third-order valence-corrected chi connectivity index (χ3v) is 4.78. The number of piperidine rings is 1. The Labute approximate surface area is 136 Å². The molecule has 0 saturated carbocycles. The Morgan fingerprint density at radius 1 is 1.40 bits per heavy atom.